The van der Waals surface area contributed by atoms with E-state index in [2.05, 4.69) is 42.4 Å². The highest BCUT2D eigenvalue weighted by Crippen LogP contribution is 2.27. The highest BCUT2D eigenvalue weighted by atomic mass is 15.1. The molecule has 1 rings (SSSR count). The monoisotopic (exact) mass is 235 g/mol. The minimum absolute atomic E-state index is 0.397. The predicted octanol–water partition coefficient (Wildman–Crippen LogP) is 3.18. The van der Waals surface area contributed by atoms with Crippen LogP contribution in [0.2, 0.25) is 0 Å². The Labute approximate surface area is 105 Å². The van der Waals surface area contributed by atoms with Gasteiger partial charge in [-0.3, -0.25) is 0 Å². The summed E-state index contributed by atoms with van der Waals surface area (Å²) in [6, 6.07) is 2.57. The van der Waals surface area contributed by atoms with Crippen LogP contribution in [0.15, 0.2) is 6.07 Å². The summed E-state index contributed by atoms with van der Waals surface area (Å²) >= 11 is 0. The van der Waals surface area contributed by atoms with Crippen molar-refractivity contribution >= 4 is 0 Å². The van der Waals surface area contributed by atoms with Gasteiger partial charge in [-0.25, -0.2) is 0 Å². The van der Waals surface area contributed by atoms with Gasteiger partial charge in [0.05, 0.1) is 11.4 Å². The van der Waals surface area contributed by atoms with E-state index in [4.69, 9.17) is 0 Å². The lowest BCUT2D eigenvalue weighted by Gasteiger charge is -2.26. The molecule has 3 nitrogen and oxygen atoms in total. The zero-order valence-electron chi connectivity index (χ0n) is 11.7. The Morgan fingerprint density at radius 1 is 1.24 bits per heavy atom. The van der Waals surface area contributed by atoms with Crippen LogP contribution in [-0.4, -0.2) is 16.7 Å². The fraction of sp³-hybridized carbons (Fsp3) is 0.714. The first-order valence-electron chi connectivity index (χ1n) is 6.64. The van der Waals surface area contributed by atoms with Gasteiger partial charge in [0.1, 0.15) is 0 Å². The zero-order valence-corrected chi connectivity index (χ0v) is 11.7. The number of hydrogen-bond donors (Lipinski definition) is 1. The van der Waals surface area contributed by atoms with Gasteiger partial charge in [-0.1, -0.05) is 27.2 Å². The molecule has 0 bridgehead atoms. The number of nitrogens with one attached hydrogen (secondary N) is 1. The topological polar surface area (TPSA) is 37.8 Å². The molecule has 3 heteroatoms. The maximum Gasteiger partial charge on any atom is 0.0648 e. The van der Waals surface area contributed by atoms with Gasteiger partial charge in [0.15, 0.2) is 0 Å². The van der Waals surface area contributed by atoms with Crippen molar-refractivity contribution in [3.8, 4) is 0 Å². The Morgan fingerprint density at radius 3 is 2.53 bits per heavy atom. The highest BCUT2D eigenvalue weighted by molar-refractivity contribution is 5.24. The van der Waals surface area contributed by atoms with Gasteiger partial charge in [-0.15, -0.1) is 0 Å². The first kappa shape index (κ1) is 14.1. The van der Waals surface area contributed by atoms with Crippen LogP contribution in [-0.2, 0) is 0 Å². The fourth-order valence-electron chi connectivity index (χ4n) is 2.34. The molecule has 0 aliphatic carbocycles. The molecule has 1 N–H and O–H groups in total. The zero-order chi connectivity index (χ0) is 12.8. The molecule has 0 saturated heterocycles. The number of aryl methyl sites for hydroxylation is 2. The van der Waals surface area contributed by atoms with E-state index in [9.17, 15) is 0 Å². The van der Waals surface area contributed by atoms with E-state index in [0.717, 1.165) is 17.9 Å². The Balaban J connectivity index is 2.99. The summed E-state index contributed by atoms with van der Waals surface area (Å²) in [5.74, 6) is 0.627. The molecule has 1 aromatic heterocycles. The summed E-state index contributed by atoms with van der Waals surface area (Å²) in [4.78, 5) is 0. The molecule has 0 amide bonds. The summed E-state index contributed by atoms with van der Waals surface area (Å²) in [6.07, 6.45) is 2.46. The molecule has 1 aromatic rings. The summed E-state index contributed by atoms with van der Waals surface area (Å²) in [5, 5.41) is 11.9. The lowest BCUT2D eigenvalue weighted by Crippen LogP contribution is -2.28. The Morgan fingerprint density at radius 2 is 1.94 bits per heavy atom. The summed E-state index contributed by atoms with van der Waals surface area (Å²) in [6.45, 7) is 11.7. The molecular formula is C14H25N3. The van der Waals surface area contributed by atoms with Crippen molar-refractivity contribution < 1.29 is 0 Å². The van der Waals surface area contributed by atoms with E-state index in [1.807, 2.05) is 13.8 Å². The van der Waals surface area contributed by atoms with Crippen LogP contribution in [0.4, 0.5) is 0 Å². The molecule has 0 fully saturated rings. The van der Waals surface area contributed by atoms with E-state index >= 15 is 0 Å². The molecule has 0 aliphatic heterocycles. The Hall–Kier alpha value is -0.960. The number of rotatable bonds is 6. The maximum atomic E-state index is 4.23. The summed E-state index contributed by atoms with van der Waals surface area (Å²) in [7, 11) is 0. The molecule has 0 spiro atoms. The van der Waals surface area contributed by atoms with Crippen LogP contribution in [0.1, 0.15) is 56.6 Å². The number of aromatic nitrogens is 2. The van der Waals surface area contributed by atoms with Gasteiger partial charge in [-0.05, 0) is 44.4 Å². The second kappa shape index (κ2) is 6.70. The molecular weight excluding hydrogens is 210 g/mol. The highest BCUT2D eigenvalue weighted by Gasteiger charge is 2.20. The van der Waals surface area contributed by atoms with Crippen LogP contribution in [0.5, 0.6) is 0 Å². The van der Waals surface area contributed by atoms with E-state index in [1.54, 1.807) is 0 Å². The first-order chi connectivity index (χ1) is 8.10. The average Bonchev–Trinajstić information content (AvgIpc) is 2.30. The van der Waals surface area contributed by atoms with Crippen molar-refractivity contribution in [2.24, 2.45) is 5.92 Å². The van der Waals surface area contributed by atoms with Gasteiger partial charge in [0, 0.05) is 6.04 Å². The van der Waals surface area contributed by atoms with E-state index in [-0.39, 0.29) is 0 Å². The van der Waals surface area contributed by atoms with Gasteiger partial charge in [0.25, 0.3) is 0 Å². The Kier molecular flexibility index (Phi) is 5.56. The molecule has 2 unspecified atom stereocenters. The average molecular weight is 235 g/mol. The largest absolute Gasteiger partial charge is 0.310 e. The molecule has 96 valence electrons. The molecule has 0 aliphatic rings. The molecule has 0 radical (unpaired) electrons. The smallest absolute Gasteiger partial charge is 0.0648 e. The van der Waals surface area contributed by atoms with Crippen LogP contribution in [0.3, 0.4) is 0 Å². The lowest BCUT2D eigenvalue weighted by molar-refractivity contribution is 0.366. The van der Waals surface area contributed by atoms with Gasteiger partial charge in [-0.2, -0.15) is 10.2 Å². The standard InChI is InChI=1S/C14H25N3/c1-6-8-10(3)14(15-7-2)13-9-11(4)16-17-12(13)5/h9-10,14-15H,6-8H2,1-5H3. The van der Waals surface area contributed by atoms with Crippen molar-refractivity contribution in [1.29, 1.82) is 0 Å². The van der Waals surface area contributed by atoms with Gasteiger partial charge < -0.3 is 5.32 Å². The van der Waals surface area contributed by atoms with Crippen LogP contribution >= 0.6 is 0 Å². The van der Waals surface area contributed by atoms with E-state index in [0.29, 0.717) is 12.0 Å². The molecule has 0 saturated carbocycles. The molecule has 2 atom stereocenters. The van der Waals surface area contributed by atoms with Crippen molar-refractivity contribution in [3.05, 3.63) is 23.0 Å². The van der Waals surface area contributed by atoms with Crippen molar-refractivity contribution in [2.75, 3.05) is 6.54 Å². The SMILES string of the molecule is CCCC(C)C(NCC)c1cc(C)nnc1C. The molecule has 17 heavy (non-hydrogen) atoms. The van der Waals surface area contributed by atoms with Crippen LogP contribution < -0.4 is 5.32 Å². The first-order valence-corrected chi connectivity index (χ1v) is 6.64. The second-order valence-corrected chi connectivity index (χ2v) is 4.83. The van der Waals surface area contributed by atoms with E-state index < -0.39 is 0 Å². The summed E-state index contributed by atoms with van der Waals surface area (Å²) < 4.78 is 0. The number of hydrogen-bond acceptors (Lipinski definition) is 3. The van der Waals surface area contributed by atoms with Crippen LogP contribution in [0.25, 0.3) is 0 Å². The van der Waals surface area contributed by atoms with E-state index in [1.165, 1.54) is 18.4 Å². The quantitative estimate of drug-likeness (QED) is 0.823. The van der Waals surface area contributed by atoms with Crippen molar-refractivity contribution in [3.63, 3.8) is 0 Å². The third-order valence-electron chi connectivity index (χ3n) is 3.21. The van der Waals surface area contributed by atoms with Crippen molar-refractivity contribution in [1.82, 2.24) is 15.5 Å². The Bertz CT molecular complexity index is 349. The minimum Gasteiger partial charge on any atom is -0.310 e. The fourth-order valence-corrected chi connectivity index (χ4v) is 2.34. The van der Waals surface area contributed by atoms with Crippen molar-refractivity contribution in [2.45, 2.75) is 53.5 Å². The third kappa shape index (κ3) is 3.77. The minimum atomic E-state index is 0.397. The van der Waals surface area contributed by atoms with Crippen LogP contribution in [0, 0.1) is 19.8 Å². The number of nitrogens with zero attached hydrogens (tertiary/aromatic N) is 2. The normalized spacial score (nSPS) is 14.6. The third-order valence-corrected chi connectivity index (χ3v) is 3.21. The molecule has 0 aromatic carbocycles. The van der Waals surface area contributed by atoms with Gasteiger partial charge >= 0.3 is 0 Å². The van der Waals surface area contributed by atoms with Gasteiger partial charge in [0.2, 0.25) is 0 Å². The second-order valence-electron chi connectivity index (χ2n) is 4.83. The summed E-state index contributed by atoms with van der Waals surface area (Å²) in [5.41, 5.74) is 3.35. The lowest BCUT2D eigenvalue weighted by atomic mass is 9.90. The predicted molar refractivity (Wildman–Crippen MR) is 72.0 cm³/mol. The molecule has 1 heterocycles. The maximum absolute atomic E-state index is 4.23.